The Kier molecular flexibility index (Phi) is 3.99. The average Bonchev–Trinajstić information content (AvgIpc) is 2.85. The van der Waals surface area contributed by atoms with Crippen molar-refractivity contribution < 1.29 is 9.53 Å². The number of anilines is 1. The van der Waals surface area contributed by atoms with Crippen molar-refractivity contribution in [3.8, 4) is 5.75 Å². The lowest BCUT2D eigenvalue weighted by molar-refractivity contribution is 0.102. The molecule has 1 aromatic carbocycles. The van der Waals surface area contributed by atoms with E-state index >= 15 is 0 Å². The highest BCUT2D eigenvalue weighted by molar-refractivity contribution is 7.80. The summed E-state index contributed by atoms with van der Waals surface area (Å²) in [5.74, 6) is 0.173. The molecule has 20 heavy (non-hydrogen) atoms. The van der Waals surface area contributed by atoms with Crippen LogP contribution in [0.15, 0.2) is 30.7 Å². The summed E-state index contributed by atoms with van der Waals surface area (Å²) in [5.41, 5.74) is 7.09. The van der Waals surface area contributed by atoms with Gasteiger partial charge in [0.05, 0.1) is 19.1 Å². The Morgan fingerprint density at radius 2 is 2.25 bits per heavy atom. The number of aromatic nitrogens is 2. The number of nitrogens with zero attached hydrogens (tertiary/aromatic N) is 2. The largest absolute Gasteiger partial charge is 0.495 e. The van der Waals surface area contributed by atoms with Crippen molar-refractivity contribution in [2.75, 3.05) is 12.4 Å². The lowest BCUT2D eigenvalue weighted by Gasteiger charge is -2.10. The summed E-state index contributed by atoms with van der Waals surface area (Å²) in [6.07, 6.45) is 3.19. The monoisotopic (exact) mass is 290 g/mol. The van der Waals surface area contributed by atoms with Crippen LogP contribution in [-0.4, -0.2) is 27.6 Å². The predicted molar refractivity (Wildman–Crippen MR) is 80.0 cm³/mol. The van der Waals surface area contributed by atoms with Gasteiger partial charge in [0.1, 0.15) is 16.4 Å². The Labute approximate surface area is 121 Å². The fraction of sp³-hybridized carbons (Fsp3) is 0.154. The summed E-state index contributed by atoms with van der Waals surface area (Å²) >= 11 is 4.90. The van der Waals surface area contributed by atoms with Gasteiger partial charge in [-0.2, -0.15) is 0 Å². The molecule has 0 fully saturated rings. The van der Waals surface area contributed by atoms with Gasteiger partial charge in [0.15, 0.2) is 0 Å². The summed E-state index contributed by atoms with van der Waals surface area (Å²) in [7, 11) is 3.30. The van der Waals surface area contributed by atoms with Crippen molar-refractivity contribution in [2.24, 2.45) is 12.8 Å². The van der Waals surface area contributed by atoms with Gasteiger partial charge in [0, 0.05) is 18.8 Å². The zero-order valence-corrected chi connectivity index (χ0v) is 11.9. The molecular formula is C13H14N4O2S. The minimum absolute atomic E-state index is 0.269. The molecule has 0 saturated carbocycles. The van der Waals surface area contributed by atoms with E-state index in [4.69, 9.17) is 22.7 Å². The van der Waals surface area contributed by atoms with E-state index in [1.165, 1.54) is 7.11 Å². The molecule has 1 aromatic heterocycles. The highest BCUT2D eigenvalue weighted by Gasteiger charge is 2.12. The number of carbonyl (C=O) groups excluding carboxylic acids is 1. The summed E-state index contributed by atoms with van der Waals surface area (Å²) in [4.78, 5) is 16.3. The maximum absolute atomic E-state index is 12.0. The SMILES string of the molecule is COc1cc(C(N)=S)ccc1NC(=O)c1cn(C)cn1. The molecule has 0 radical (unpaired) electrons. The van der Waals surface area contributed by atoms with Crippen molar-refractivity contribution in [1.29, 1.82) is 0 Å². The minimum Gasteiger partial charge on any atom is -0.495 e. The third-order valence-electron chi connectivity index (χ3n) is 2.67. The molecule has 0 saturated heterocycles. The van der Waals surface area contributed by atoms with Crippen LogP contribution in [0.5, 0.6) is 5.75 Å². The van der Waals surface area contributed by atoms with Crippen molar-refractivity contribution in [2.45, 2.75) is 0 Å². The smallest absolute Gasteiger partial charge is 0.275 e. The van der Waals surface area contributed by atoms with Crippen molar-refractivity contribution in [1.82, 2.24) is 9.55 Å². The average molecular weight is 290 g/mol. The number of nitrogens with two attached hydrogens (primary N) is 1. The maximum atomic E-state index is 12.0. The van der Waals surface area contributed by atoms with Crippen LogP contribution in [-0.2, 0) is 7.05 Å². The first-order valence-electron chi connectivity index (χ1n) is 5.78. The fourth-order valence-corrected chi connectivity index (χ4v) is 1.79. The molecule has 0 bridgehead atoms. The third kappa shape index (κ3) is 2.94. The number of nitrogens with one attached hydrogen (secondary N) is 1. The standard InChI is InChI=1S/C13H14N4O2S/c1-17-6-10(15-7-17)13(18)16-9-4-3-8(12(14)20)5-11(9)19-2/h3-7H,1-2H3,(H2,14,20)(H,16,18). The van der Waals surface area contributed by atoms with E-state index in [1.807, 2.05) is 0 Å². The lowest BCUT2D eigenvalue weighted by Crippen LogP contribution is -2.14. The fourth-order valence-electron chi connectivity index (χ4n) is 1.66. The molecule has 0 aliphatic carbocycles. The van der Waals surface area contributed by atoms with Crippen LogP contribution in [0.3, 0.4) is 0 Å². The summed E-state index contributed by atoms with van der Waals surface area (Å²) < 4.78 is 6.92. The molecule has 1 heterocycles. The highest BCUT2D eigenvalue weighted by atomic mass is 32.1. The Morgan fingerprint density at radius 1 is 1.50 bits per heavy atom. The molecule has 2 aromatic rings. The predicted octanol–water partition coefficient (Wildman–Crippen LogP) is 1.32. The number of hydrogen-bond acceptors (Lipinski definition) is 4. The summed E-state index contributed by atoms with van der Waals surface area (Å²) in [6.45, 7) is 0. The van der Waals surface area contributed by atoms with E-state index in [0.717, 1.165) is 0 Å². The van der Waals surface area contributed by atoms with Gasteiger partial charge in [0.2, 0.25) is 0 Å². The zero-order chi connectivity index (χ0) is 14.7. The normalized spacial score (nSPS) is 10.1. The summed E-state index contributed by atoms with van der Waals surface area (Å²) in [6, 6.07) is 5.09. The van der Waals surface area contributed by atoms with Crippen molar-refractivity contribution >= 4 is 28.8 Å². The number of carbonyl (C=O) groups is 1. The second-order valence-electron chi connectivity index (χ2n) is 4.16. The number of methoxy groups -OCH3 is 1. The van der Waals surface area contributed by atoms with Crippen LogP contribution in [0.25, 0.3) is 0 Å². The Balaban J connectivity index is 2.25. The number of hydrogen-bond donors (Lipinski definition) is 2. The highest BCUT2D eigenvalue weighted by Crippen LogP contribution is 2.26. The molecule has 0 spiro atoms. The van der Waals surface area contributed by atoms with E-state index in [0.29, 0.717) is 22.7 Å². The van der Waals surface area contributed by atoms with E-state index < -0.39 is 0 Å². The number of imidazole rings is 1. The second-order valence-corrected chi connectivity index (χ2v) is 4.60. The van der Waals surface area contributed by atoms with E-state index in [9.17, 15) is 4.79 Å². The number of benzene rings is 1. The van der Waals surface area contributed by atoms with Gasteiger partial charge < -0.3 is 20.4 Å². The molecule has 0 atom stereocenters. The van der Waals surface area contributed by atoms with Gasteiger partial charge in [-0.15, -0.1) is 0 Å². The topological polar surface area (TPSA) is 82.2 Å². The van der Waals surface area contributed by atoms with Crippen LogP contribution < -0.4 is 15.8 Å². The molecule has 104 valence electrons. The molecule has 1 amide bonds. The van der Waals surface area contributed by atoms with Crippen LogP contribution in [0, 0.1) is 0 Å². The van der Waals surface area contributed by atoms with Gasteiger partial charge in [-0.05, 0) is 18.2 Å². The van der Waals surface area contributed by atoms with E-state index in [2.05, 4.69) is 10.3 Å². The van der Waals surface area contributed by atoms with Gasteiger partial charge >= 0.3 is 0 Å². The van der Waals surface area contributed by atoms with E-state index in [-0.39, 0.29) is 10.9 Å². The van der Waals surface area contributed by atoms with Crippen molar-refractivity contribution in [3.05, 3.63) is 42.0 Å². The maximum Gasteiger partial charge on any atom is 0.275 e. The Morgan fingerprint density at radius 3 is 2.80 bits per heavy atom. The molecule has 0 aliphatic rings. The first-order chi connectivity index (χ1) is 9.51. The number of aryl methyl sites for hydroxylation is 1. The molecule has 0 aliphatic heterocycles. The molecule has 0 unspecified atom stereocenters. The number of amides is 1. The van der Waals surface area contributed by atoms with Gasteiger partial charge in [-0.3, -0.25) is 4.79 Å². The Bertz CT molecular complexity index is 666. The van der Waals surface area contributed by atoms with Gasteiger partial charge in [-0.25, -0.2) is 4.98 Å². The first kappa shape index (κ1) is 14.0. The molecule has 2 rings (SSSR count). The van der Waals surface area contributed by atoms with Crippen LogP contribution >= 0.6 is 12.2 Å². The molecule has 6 nitrogen and oxygen atoms in total. The number of rotatable bonds is 4. The van der Waals surface area contributed by atoms with E-state index in [1.54, 1.807) is 42.3 Å². The third-order valence-corrected chi connectivity index (χ3v) is 2.91. The quantitative estimate of drug-likeness (QED) is 0.830. The lowest BCUT2D eigenvalue weighted by atomic mass is 10.2. The molecule has 3 N–H and O–H groups in total. The second kappa shape index (κ2) is 5.70. The first-order valence-corrected chi connectivity index (χ1v) is 6.19. The Hall–Kier alpha value is -2.41. The van der Waals surface area contributed by atoms with Gasteiger partial charge in [-0.1, -0.05) is 12.2 Å². The van der Waals surface area contributed by atoms with Gasteiger partial charge in [0.25, 0.3) is 5.91 Å². The van der Waals surface area contributed by atoms with Crippen LogP contribution in [0.4, 0.5) is 5.69 Å². The van der Waals surface area contributed by atoms with Crippen LogP contribution in [0.1, 0.15) is 16.1 Å². The minimum atomic E-state index is -0.313. The molecule has 7 heteroatoms. The number of thiocarbonyl (C=S) groups is 1. The van der Waals surface area contributed by atoms with Crippen LogP contribution in [0.2, 0.25) is 0 Å². The summed E-state index contributed by atoms with van der Waals surface area (Å²) in [5, 5.41) is 2.73. The van der Waals surface area contributed by atoms with Crippen molar-refractivity contribution in [3.63, 3.8) is 0 Å². The number of ether oxygens (including phenoxy) is 1. The molecular weight excluding hydrogens is 276 g/mol. The zero-order valence-electron chi connectivity index (χ0n) is 11.1.